The van der Waals surface area contributed by atoms with Gasteiger partial charge in [-0.2, -0.15) is 0 Å². The van der Waals surface area contributed by atoms with Crippen molar-refractivity contribution in [3.05, 3.63) is 0 Å². The van der Waals surface area contributed by atoms with Crippen LogP contribution in [0.5, 0.6) is 0 Å². The lowest BCUT2D eigenvalue weighted by molar-refractivity contribution is 0.148. The summed E-state index contributed by atoms with van der Waals surface area (Å²) < 4.78 is 12.4. The quantitative estimate of drug-likeness (QED) is 0.524. The van der Waals surface area contributed by atoms with Crippen LogP contribution in [0.2, 0.25) is 0 Å². The number of hydrogen-bond donors (Lipinski definition) is 2. The SMILES string of the molecule is OC[C@@H]1CNC[C@@H](F)C1. The van der Waals surface area contributed by atoms with Gasteiger partial charge < -0.3 is 10.4 Å². The van der Waals surface area contributed by atoms with Crippen molar-refractivity contribution in [1.29, 1.82) is 0 Å². The normalized spacial score (nSPS) is 36.7. The third-order valence-corrected chi connectivity index (χ3v) is 1.65. The lowest BCUT2D eigenvalue weighted by atomic mass is 10.00. The molecule has 2 N–H and O–H groups in total. The van der Waals surface area contributed by atoms with E-state index in [-0.39, 0.29) is 12.5 Å². The molecular formula is C6H12FNO. The van der Waals surface area contributed by atoms with Crippen LogP contribution in [-0.2, 0) is 0 Å². The maximum atomic E-state index is 12.4. The average Bonchev–Trinajstić information content (AvgIpc) is 1.88. The number of halogens is 1. The van der Waals surface area contributed by atoms with E-state index in [1.807, 2.05) is 0 Å². The fourth-order valence-corrected chi connectivity index (χ4v) is 1.11. The zero-order valence-electron chi connectivity index (χ0n) is 5.31. The minimum atomic E-state index is -0.754. The number of rotatable bonds is 1. The zero-order valence-corrected chi connectivity index (χ0v) is 5.31. The van der Waals surface area contributed by atoms with Crippen molar-refractivity contribution < 1.29 is 9.50 Å². The first-order chi connectivity index (χ1) is 4.33. The Morgan fingerprint density at radius 2 is 2.33 bits per heavy atom. The monoisotopic (exact) mass is 133 g/mol. The molecule has 3 heteroatoms. The molecule has 1 heterocycles. The predicted molar refractivity (Wildman–Crippen MR) is 33.0 cm³/mol. The van der Waals surface area contributed by atoms with Crippen LogP contribution in [0.15, 0.2) is 0 Å². The van der Waals surface area contributed by atoms with Gasteiger partial charge in [0.1, 0.15) is 6.17 Å². The smallest absolute Gasteiger partial charge is 0.113 e. The molecule has 0 aliphatic carbocycles. The van der Waals surface area contributed by atoms with Crippen molar-refractivity contribution >= 4 is 0 Å². The van der Waals surface area contributed by atoms with Gasteiger partial charge in [0.2, 0.25) is 0 Å². The lowest BCUT2D eigenvalue weighted by Crippen LogP contribution is -2.38. The fraction of sp³-hybridized carbons (Fsp3) is 1.00. The fourth-order valence-electron chi connectivity index (χ4n) is 1.11. The van der Waals surface area contributed by atoms with Gasteiger partial charge in [-0.3, -0.25) is 0 Å². The summed E-state index contributed by atoms with van der Waals surface area (Å²) in [6.45, 7) is 1.32. The van der Waals surface area contributed by atoms with Gasteiger partial charge in [-0.05, 0) is 12.3 Å². The first-order valence-corrected chi connectivity index (χ1v) is 3.28. The number of aliphatic hydroxyl groups is 1. The molecule has 0 unspecified atom stereocenters. The Labute approximate surface area is 54.1 Å². The van der Waals surface area contributed by atoms with Crippen LogP contribution in [0.1, 0.15) is 6.42 Å². The van der Waals surface area contributed by atoms with Crippen molar-refractivity contribution in [2.45, 2.75) is 12.6 Å². The first-order valence-electron chi connectivity index (χ1n) is 3.28. The van der Waals surface area contributed by atoms with Crippen LogP contribution in [0.4, 0.5) is 4.39 Å². The van der Waals surface area contributed by atoms with E-state index in [2.05, 4.69) is 5.32 Å². The number of hydrogen-bond acceptors (Lipinski definition) is 2. The molecule has 0 saturated carbocycles. The maximum absolute atomic E-state index is 12.4. The van der Waals surface area contributed by atoms with Crippen molar-refractivity contribution in [2.24, 2.45) is 5.92 Å². The molecule has 0 amide bonds. The summed E-state index contributed by atoms with van der Waals surface area (Å²) in [5.41, 5.74) is 0. The highest BCUT2D eigenvalue weighted by atomic mass is 19.1. The summed E-state index contributed by atoms with van der Waals surface area (Å²) >= 11 is 0. The van der Waals surface area contributed by atoms with E-state index in [0.717, 1.165) is 6.54 Å². The summed E-state index contributed by atoms with van der Waals surface area (Å²) in [6, 6.07) is 0. The second-order valence-corrected chi connectivity index (χ2v) is 2.54. The molecule has 1 rings (SSSR count). The molecule has 54 valence electrons. The molecule has 0 radical (unpaired) electrons. The second kappa shape index (κ2) is 3.13. The summed E-state index contributed by atoms with van der Waals surface area (Å²) in [7, 11) is 0. The Kier molecular flexibility index (Phi) is 2.42. The van der Waals surface area contributed by atoms with Crippen LogP contribution >= 0.6 is 0 Å². The average molecular weight is 133 g/mol. The molecule has 1 aliphatic rings. The zero-order chi connectivity index (χ0) is 6.69. The van der Waals surface area contributed by atoms with Gasteiger partial charge >= 0.3 is 0 Å². The topological polar surface area (TPSA) is 32.3 Å². The van der Waals surface area contributed by atoms with E-state index in [0.29, 0.717) is 13.0 Å². The summed E-state index contributed by atoms with van der Waals surface area (Å²) in [5.74, 6) is 0.133. The minimum absolute atomic E-state index is 0.105. The molecule has 9 heavy (non-hydrogen) atoms. The number of aliphatic hydroxyl groups excluding tert-OH is 1. The van der Waals surface area contributed by atoms with Crippen LogP contribution in [0, 0.1) is 5.92 Å². The third kappa shape index (κ3) is 1.91. The summed E-state index contributed by atoms with van der Waals surface area (Å²) in [5, 5.41) is 11.5. The molecule has 2 atom stereocenters. The van der Waals surface area contributed by atoms with Crippen molar-refractivity contribution in [3.63, 3.8) is 0 Å². The standard InChI is InChI=1S/C6H12FNO/c7-6-1-5(4-9)2-8-3-6/h5-6,8-9H,1-4H2/t5-,6-/m0/s1. The Morgan fingerprint density at radius 3 is 2.78 bits per heavy atom. The molecule has 2 nitrogen and oxygen atoms in total. The highest BCUT2D eigenvalue weighted by molar-refractivity contribution is 4.74. The minimum Gasteiger partial charge on any atom is -0.396 e. The van der Waals surface area contributed by atoms with Crippen LogP contribution in [0.3, 0.4) is 0 Å². The molecule has 0 aromatic heterocycles. The highest BCUT2D eigenvalue weighted by Gasteiger charge is 2.19. The summed E-state index contributed by atoms with van der Waals surface area (Å²) in [6.07, 6.45) is -0.236. The number of piperidine rings is 1. The molecule has 1 aliphatic heterocycles. The molecule has 0 bridgehead atoms. The molecule has 0 aromatic rings. The second-order valence-electron chi connectivity index (χ2n) is 2.54. The molecule has 1 fully saturated rings. The van der Waals surface area contributed by atoms with Gasteiger partial charge in [-0.15, -0.1) is 0 Å². The third-order valence-electron chi connectivity index (χ3n) is 1.65. The van der Waals surface area contributed by atoms with E-state index >= 15 is 0 Å². The van der Waals surface area contributed by atoms with Gasteiger partial charge in [0.15, 0.2) is 0 Å². The van der Waals surface area contributed by atoms with Crippen LogP contribution < -0.4 is 5.32 Å². The van der Waals surface area contributed by atoms with Gasteiger partial charge in [-0.1, -0.05) is 0 Å². The van der Waals surface area contributed by atoms with Gasteiger partial charge in [-0.25, -0.2) is 4.39 Å². The Hall–Kier alpha value is -0.150. The number of alkyl halides is 1. The van der Waals surface area contributed by atoms with E-state index in [9.17, 15) is 4.39 Å². The molecular weight excluding hydrogens is 121 g/mol. The highest BCUT2D eigenvalue weighted by Crippen LogP contribution is 2.11. The van der Waals surface area contributed by atoms with Gasteiger partial charge in [0, 0.05) is 19.7 Å². The molecule has 0 spiro atoms. The van der Waals surface area contributed by atoms with Gasteiger partial charge in [0.05, 0.1) is 0 Å². The predicted octanol–water partition coefficient (Wildman–Crippen LogP) is -0.0737. The molecule has 1 saturated heterocycles. The maximum Gasteiger partial charge on any atom is 0.113 e. The van der Waals surface area contributed by atoms with E-state index in [1.165, 1.54) is 0 Å². The Balaban J connectivity index is 2.23. The Morgan fingerprint density at radius 1 is 1.56 bits per heavy atom. The molecule has 0 aromatic carbocycles. The first kappa shape index (κ1) is 6.96. The van der Waals surface area contributed by atoms with Gasteiger partial charge in [0.25, 0.3) is 0 Å². The summed E-state index contributed by atoms with van der Waals surface area (Å²) in [4.78, 5) is 0. The van der Waals surface area contributed by atoms with E-state index < -0.39 is 6.17 Å². The van der Waals surface area contributed by atoms with Crippen molar-refractivity contribution in [2.75, 3.05) is 19.7 Å². The largest absolute Gasteiger partial charge is 0.396 e. The lowest BCUT2D eigenvalue weighted by Gasteiger charge is -2.23. The van der Waals surface area contributed by atoms with E-state index in [1.54, 1.807) is 0 Å². The van der Waals surface area contributed by atoms with Crippen LogP contribution in [0.25, 0.3) is 0 Å². The van der Waals surface area contributed by atoms with E-state index in [4.69, 9.17) is 5.11 Å². The van der Waals surface area contributed by atoms with Crippen LogP contribution in [-0.4, -0.2) is 31.0 Å². The van der Waals surface area contributed by atoms with Crippen molar-refractivity contribution in [1.82, 2.24) is 5.32 Å². The Bertz CT molecular complexity index is 89.1. The number of nitrogens with one attached hydrogen (secondary N) is 1. The van der Waals surface area contributed by atoms with Crippen molar-refractivity contribution in [3.8, 4) is 0 Å².